The standard InChI is InChI=1S/C15H14FN3.C3H8.C2H6/c1-10(2)19-13-8-5-6-11(16)14(13)18-15(19)12-7-3-4-9-17-12;1-3-2;1-2/h3-10H,1-2H3;3H2,1-2H3;1-2H3. The molecule has 2 heterocycles. The topological polar surface area (TPSA) is 30.7 Å². The molecule has 0 atom stereocenters. The van der Waals surface area contributed by atoms with Crippen molar-refractivity contribution in [1.82, 2.24) is 14.5 Å². The quantitative estimate of drug-likeness (QED) is 0.555. The number of hydrogen-bond donors (Lipinski definition) is 0. The number of nitrogens with zero attached hydrogens (tertiary/aromatic N) is 3. The van der Waals surface area contributed by atoms with Crippen molar-refractivity contribution in [3.63, 3.8) is 0 Å². The van der Waals surface area contributed by atoms with Crippen LogP contribution in [0.2, 0.25) is 0 Å². The first-order chi connectivity index (χ1) is 11.6. The van der Waals surface area contributed by atoms with Crippen molar-refractivity contribution in [1.29, 1.82) is 0 Å². The Kier molecular flexibility index (Phi) is 8.10. The average Bonchev–Trinajstić information content (AvgIpc) is 2.99. The second-order valence-electron chi connectivity index (χ2n) is 5.43. The SMILES string of the molecule is CC.CC(C)n1c(-c2ccccn2)nc2c(F)cccc21.CCC. The lowest BCUT2D eigenvalue weighted by Crippen LogP contribution is -2.03. The van der Waals surface area contributed by atoms with Crippen LogP contribution in [-0.2, 0) is 0 Å². The van der Waals surface area contributed by atoms with Gasteiger partial charge in [0.05, 0.1) is 5.52 Å². The van der Waals surface area contributed by atoms with Gasteiger partial charge in [0.2, 0.25) is 0 Å². The molecule has 0 amide bonds. The number of benzene rings is 1. The highest BCUT2D eigenvalue weighted by atomic mass is 19.1. The van der Waals surface area contributed by atoms with Crippen molar-refractivity contribution < 1.29 is 4.39 Å². The predicted molar refractivity (Wildman–Crippen MR) is 101 cm³/mol. The average molecular weight is 329 g/mol. The molecule has 0 aliphatic rings. The molecule has 0 spiro atoms. The van der Waals surface area contributed by atoms with Gasteiger partial charge < -0.3 is 4.57 Å². The molecule has 4 heteroatoms. The lowest BCUT2D eigenvalue weighted by Gasteiger charge is -2.12. The maximum atomic E-state index is 13.9. The van der Waals surface area contributed by atoms with E-state index in [2.05, 4.69) is 37.7 Å². The molecule has 0 aliphatic carbocycles. The molecule has 0 N–H and O–H groups in total. The van der Waals surface area contributed by atoms with Crippen LogP contribution in [0.4, 0.5) is 4.39 Å². The van der Waals surface area contributed by atoms with Crippen LogP contribution in [0.3, 0.4) is 0 Å². The van der Waals surface area contributed by atoms with E-state index < -0.39 is 0 Å². The molecule has 0 bridgehead atoms. The van der Waals surface area contributed by atoms with Gasteiger partial charge in [-0.1, -0.05) is 46.2 Å². The van der Waals surface area contributed by atoms with Crippen LogP contribution >= 0.6 is 0 Å². The van der Waals surface area contributed by atoms with Crippen molar-refractivity contribution in [2.24, 2.45) is 0 Å². The van der Waals surface area contributed by atoms with Gasteiger partial charge in [0.1, 0.15) is 11.2 Å². The monoisotopic (exact) mass is 329 g/mol. The Hall–Kier alpha value is -2.23. The summed E-state index contributed by atoms with van der Waals surface area (Å²) >= 11 is 0. The van der Waals surface area contributed by atoms with Gasteiger partial charge in [-0.3, -0.25) is 4.98 Å². The molecule has 24 heavy (non-hydrogen) atoms. The molecule has 0 saturated carbocycles. The van der Waals surface area contributed by atoms with Crippen LogP contribution in [0.25, 0.3) is 22.6 Å². The van der Waals surface area contributed by atoms with E-state index >= 15 is 0 Å². The van der Waals surface area contributed by atoms with Gasteiger partial charge in [-0.05, 0) is 38.1 Å². The summed E-state index contributed by atoms with van der Waals surface area (Å²) in [7, 11) is 0. The minimum atomic E-state index is -0.297. The summed E-state index contributed by atoms with van der Waals surface area (Å²) in [4.78, 5) is 8.74. The summed E-state index contributed by atoms with van der Waals surface area (Å²) in [6.07, 6.45) is 2.97. The number of rotatable bonds is 2. The van der Waals surface area contributed by atoms with Gasteiger partial charge in [-0.2, -0.15) is 0 Å². The molecule has 0 unspecified atom stereocenters. The third-order valence-electron chi connectivity index (χ3n) is 3.08. The molecular formula is C20H28FN3. The van der Waals surface area contributed by atoms with Crippen LogP contribution in [0.15, 0.2) is 42.6 Å². The Morgan fingerprint density at radius 2 is 1.71 bits per heavy atom. The second-order valence-corrected chi connectivity index (χ2v) is 5.43. The van der Waals surface area contributed by atoms with Crippen molar-refractivity contribution in [2.75, 3.05) is 0 Å². The number of pyridine rings is 1. The molecule has 3 nitrogen and oxygen atoms in total. The van der Waals surface area contributed by atoms with Gasteiger partial charge in [0.25, 0.3) is 0 Å². The zero-order chi connectivity index (χ0) is 18.1. The van der Waals surface area contributed by atoms with Gasteiger partial charge in [-0.15, -0.1) is 0 Å². The van der Waals surface area contributed by atoms with Crippen LogP contribution in [0.5, 0.6) is 0 Å². The van der Waals surface area contributed by atoms with Gasteiger partial charge in [0.15, 0.2) is 11.6 Å². The number of fused-ring (bicyclic) bond motifs is 1. The zero-order valence-corrected chi connectivity index (χ0v) is 15.5. The summed E-state index contributed by atoms with van der Waals surface area (Å²) in [6, 6.07) is 10.9. The molecular weight excluding hydrogens is 301 g/mol. The van der Waals surface area contributed by atoms with Gasteiger partial charge in [0, 0.05) is 12.2 Å². The largest absolute Gasteiger partial charge is 0.320 e. The van der Waals surface area contributed by atoms with Gasteiger partial charge in [-0.25, -0.2) is 9.37 Å². The van der Waals surface area contributed by atoms with E-state index in [1.54, 1.807) is 12.3 Å². The fourth-order valence-electron chi connectivity index (χ4n) is 2.28. The summed E-state index contributed by atoms with van der Waals surface area (Å²) in [5.74, 6) is 0.407. The Balaban J connectivity index is 0.000000521. The molecule has 130 valence electrons. The Morgan fingerprint density at radius 3 is 2.25 bits per heavy atom. The van der Waals surface area contributed by atoms with E-state index in [9.17, 15) is 4.39 Å². The first-order valence-electron chi connectivity index (χ1n) is 8.68. The number of hydrogen-bond acceptors (Lipinski definition) is 2. The van der Waals surface area contributed by atoms with Crippen molar-refractivity contribution in [2.45, 2.75) is 54.0 Å². The lowest BCUT2D eigenvalue weighted by atomic mass is 10.2. The lowest BCUT2D eigenvalue weighted by molar-refractivity contribution is 0.622. The molecule has 0 fully saturated rings. The van der Waals surface area contributed by atoms with E-state index in [0.29, 0.717) is 11.3 Å². The summed E-state index contributed by atoms with van der Waals surface area (Å²) in [5, 5.41) is 0. The van der Waals surface area contributed by atoms with Gasteiger partial charge >= 0.3 is 0 Å². The summed E-state index contributed by atoms with van der Waals surface area (Å²) < 4.78 is 15.9. The molecule has 1 aromatic carbocycles. The Bertz CT molecular complexity index is 733. The fraction of sp³-hybridized carbons (Fsp3) is 0.400. The smallest absolute Gasteiger partial charge is 0.160 e. The minimum Gasteiger partial charge on any atom is -0.320 e. The first-order valence-corrected chi connectivity index (χ1v) is 8.68. The molecule has 0 saturated heterocycles. The maximum Gasteiger partial charge on any atom is 0.160 e. The number of imidazole rings is 1. The maximum absolute atomic E-state index is 13.9. The van der Waals surface area contributed by atoms with E-state index in [0.717, 1.165) is 11.2 Å². The van der Waals surface area contributed by atoms with Crippen LogP contribution in [0, 0.1) is 5.82 Å². The van der Waals surface area contributed by atoms with Crippen LogP contribution in [-0.4, -0.2) is 14.5 Å². The van der Waals surface area contributed by atoms with E-state index in [1.165, 1.54) is 12.5 Å². The number of para-hydroxylation sites is 1. The van der Waals surface area contributed by atoms with Crippen molar-refractivity contribution in [3.8, 4) is 11.5 Å². The Morgan fingerprint density at radius 1 is 1.04 bits per heavy atom. The normalized spacial score (nSPS) is 10.0. The van der Waals surface area contributed by atoms with E-state index in [-0.39, 0.29) is 11.9 Å². The molecule has 3 rings (SSSR count). The molecule has 2 aromatic heterocycles. The highest BCUT2D eigenvalue weighted by Crippen LogP contribution is 2.28. The third-order valence-corrected chi connectivity index (χ3v) is 3.08. The molecule has 3 aromatic rings. The van der Waals surface area contributed by atoms with E-state index in [4.69, 9.17) is 0 Å². The van der Waals surface area contributed by atoms with Crippen LogP contribution < -0.4 is 0 Å². The number of aromatic nitrogens is 3. The fourth-order valence-corrected chi connectivity index (χ4v) is 2.28. The van der Waals surface area contributed by atoms with E-state index in [1.807, 2.05) is 42.7 Å². The van der Waals surface area contributed by atoms with Crippen molar-refractivity contribution in [3.05, 3.63) is 48.4 Å². The summed E-state index contributed by atoms with van der Waals surface area (Å²) in [5.41, 5.74) is 1.96. The highest BCUT2D eigenvalue weighted by Gasteiger charge is 2.17. The third kappa shape index (κ3) is 4.40. The second kappa shape index (κ2) is 9.81. The number of halogens is 1. The van der Waals surface area contributed by atoms with Crippen molar-refractivity contribution >= 4 is 11.0 Å². The highest BCUT2D eigenvalue weighted by molar-refractivity contribution is 5.80. The predicted octanol–water partition coefficient (Wildman–Crippen LogP) is 6.26. The Labute approximate surface area is 144 Å². The summed E-state index contributed by atoms with van der Waals surface area (Å²) in [6.45, 7) is 12.4. The minimum absolute atomic E-state index is 0.184. The zero-order valence-electron chi connectivity index (χ0n) is 15.5. The molecule has 0 aliphatic heterocycles. The van der Waals surface area contributed by atoms with Crippen LogP contribution in [0.1, 0.15) is 54.0 Å². The first kappa shape index (κ1) is 19.8. The molecule has 0 radical (unpaired) electrons.